The zero-order valence-electron chi connectivity index (χ0n) is 11.0. The number of aryl methyl sites for hydroxylation is 1. The standard InChI is InChI=1S/C13H19N3O3/c1-16-11(7-8-14-16)12(17)15-10-6-4-2-3-5-9(10)13(18)19/h7-10H,2-6H2,1H3,(H,15,17)(H,18,19). The molecular weight excluding hydrogens is 246 g/mol. The van der Waals surface area contributed by atoms with Gasteiger partial charge in [-0.25, -0.2) is 0 Å². The van der Waals surface area contributed by atoms with Crippen molar-refractivity contribution >= 4 is 11.9 Å². The third-order valence-corrected chi connectivity index (χ3v) is 3.70. The van der Waals surface area contributed by atoms with Gasteiger partial charge in [0, 0.05) is 19.3 Å². The van der Waals surface area contributed by atoms with Crippen LogP contribution >= 0.6 is 0 Å². The Morgan fingerprint density at radius 3 is 2.74 bits per heavy atom. The third kappa shape index (κ3) is 3.13. The van der Waals surface area contributed by atoms with E-state index in [1.54, 1.807) is 19.3 Å². The van der Waals surface area contributed by atoms with E-state index in [2.05, 4.69) is 10.4 Å². The zero-order valence-corrected chi connectivity index (χ0v) is 11.0. The number of aliphatic carboxylic acids is 1. The molecule has 19 heavy (non-hydrogen) atoms. The smallest absolute Gasteiger partial charge is 0.308 e. The van der Waals surface area contributed by atoms with Gasteiger partial charge in [-0.2, -0.15) is 5.10 Å². The van der Waals surface area contributed by atoms with Crippen LogP contribution in [0.3, 0.4) is 0 Å². The van der Waals surface area contributed by atoms with Gasteiger partial charge in [0.05, 0.1) is 5.92 Å². The molecule has 0 aromatic carbocycles. The van der Waals surface area contributed by atoms with Crippen molar-refractivity contribution in [2.24, 2.45) is 13.0 Å². The van der Waals surface area contributed by atoms with Crippen LogP contribution in [-0.4, -0.2) is 32.8 Å². The van der Waals surface area contributed by atoms with Gasteiger partial charge in [-0.3, -0.25) is 14.3 Å². The molecule has 1 saturated carbocycles. The lowest BCUT2D eigenvalue weighted by Crippen LogP contribution is -2.43. The molecule has 1 aliphatic carbocycles. The van der Waals surface area contributed by atoms with Crippen molar-refractivity contribution in [3.63, 3.8) is 0 Å². The molecule has 0 aliphatic heterocycles. The van der Waals surface area contributed by atoms with Crippen LogP contribution in [0.4, 0.5) is 0 Å². The number of nitrogens with zero attached hydrogens (tertiary/aromatic N) is 2. The number of amides is 1. The number of hydrogen-bond acceptors (Lipinski definition) is 3. The first-order valence-corrected chi connectivity index (χ1v) is 6.61. The summed E-state index contributed by atoms with van der Waals surface area (Å²) in [5.74, 6) is -1.56. The minimum absolute atomic E-state index is 0.252. The first-order valence-electron chi connectivity index (χ1n) is 6.61. The van der Waals surface area contributed by atoms with Gasteiger partial charge < -0.3 is 10.4 Å². The first kappa shape index (κ1) is 13.6. The average molecular weight is 265 g/mol. The Morgan fingerprint density at radius 1 is 1.37 bits per heavy atom. The lowest BCUT2D eigenvalue weighted by molar-refractivity contribution is -0.142. The van der Waals surface area contributed by atoms with Crippen LogP contribution in [0.25, 0.3) is 0 Å². The molecule has 6 nitrogen and oxygen atoms in total. The van der Waals surface area contributed by atoms with Crippen molar-refractivity contribution in [1.29, 1.82) is 0 Å². The number of rotatable bonds is 3. The predicted octanol–water partition coefficient (Wildman–Crippen LogP) is 1.18. The molecule has 1 aromatic heterocycles. The van der Waals surface area contributed by atoms with Gasteiger partial charge in [-0.05, 0) is 18.9 Å². The van der Waals surface area contributed by atoms with E-state index >= 15 is 0 Å². The van der Waals surface area contributed by atoms with Crippen molar-refractivity contribution in [1.82, 2.24) is 15.1 Å². The number of carboxylic acid groups (broad SMARTS) is 1. The van der Waals surface area contributed by atoms with Crippen LogP contribution in [0.1, 0.15) is 42.6 Å². The number of aromatic nitrogens is 2. The van der Waals surface area contributed by atoms with E-state index < -0.39 is 11.9 Å². The lowest BCUT2D eigenvalue weighted by Gasteiger charge is -2.22. The van der Waals surface area contributed by atoms with E-state index in [0.717, 1.165) is 25.7 Å². The summed E-state index contributed by atoms with van der Waals surface area (Å²) in [6, 6.07) is 1.34. The monoisotopic (exact) mass is 265 g/mol. The molecule has 2 unspecified atom stereocenters. The van der Waals surface area contributed by atoms with E-state index in [4.69, 9.17) is 0 Å². The van der Waals surface area contributed by atoms with E-state index in [-0.39, 0.29) is 11.9 Å². The fourth-order valence-corrected chi connectivity index (χ4v) is 2.61. The van der Waals surface area contributed by atoms with Crippen LogP contribution in [0.2, 0.25) is 0 Å². The minimum Gasteiger partial charge on any atom is -0.481 e. The second kappa shape index (κ2) is 5.86. The van der Waals surface area contributed by atoms with E-state index in [1.807, 2.05) is 0 Å². The molecule has 1 aliphatic rings. The van der Waals surface area contributed by atoms with Crippen molar-refractivity contribution in [3.8, 4) is 0 Å². The molecule has 2 rings (SSSR count). The van der Waals surface area contributed by atoms with Gasteiger partial charge >= 0.3 is 5.97 Å². The summed E-state index contributed by atoms with van der Waals surface area (Å²) in [6.07, 6.45) is 5.81. The van der Waals surface area contributed by atoms with Crippen LogP contribution in [0.15, 0.2) is 12.3 Å². The first-order chi connectivity index (χ1) is 9.09. The molecule has 0 bridgehead atoms. The second-order valence-electron chi connectivity index (χ2n) is 5.00. The molecule has 6 heteroatoms. The molecule has 1 fully saturated rings. The summed E-state index contributed by atoms with van der Waals surface area (Å²) in [7, 11) is 1.69. The van der Waals surface area contributed by atoms with Gasteiger partial charge in [-0.1, -0.05) is 19.3 Å². The predicted molar refractivity (Wildman–Crippen MR) is 68.7 cm³/mol. The van der Waals surface area contributed by atoms with Crippen molar-refractivity contribution < 1.29 is 14.7 Å². The Bertz CT molecular complexity index is 469. The highest BCUT2D eigenvalue weighted by Crippen LogP contribution is 2.24. The highest BCUT2D eigenvalue weighted by atomic mass is 16.4. The molecule has 2 atom stereocenters. The molecule has 1 amide bonds. The van der Waals surface area contributed by atoms with Gasteiger partial charge in [0.15, 0.2) is 0 Å². The Balaban J connectivity index is 2.08. The summed E-state index contributed by atoms with van der Waals surface area (Å²) in [4.78, 5) is 23.4. The Labute approximate surface area is 111 Å². The quantitative estimate of drug-likeness (QED) is 0.804. The summed E-state index contributed by atoms with van der Waals surface area (Å²) in [5.41, 5.74) is 0.452. The fraction of sp³-hybridized carbons (Fsp3) is 0.615. The van der Waals surface area contributed by atoms with Gasteiger partial charge in [0.25, 0.3) is 5.91 Å². The van der Waals surface area contributed by atoms with Crippen LogP contribution < -0.4 is 5.32 Å². The van der Waals surface area contributed by atoms with Crippen molar-refractivity contribution in [3.05, 3.63) is 18.0 Å². The third-order valence-electron chi connectivity index (χ3n) is 3.70. The maximum Gasteiger partial charge on any atom is 0.308 e. The molecule has 0 spiro atoms. The van der Waals surface area contributed by atoms with Crippen molar-refractivity contribution in [2.75, 3.05) is 0 Å². The zero-order chi connectivity index (χ0) is 13.8. The Morgan fingerprint density at radius 2 is 2.11 bits per heavy atom. The Kier molecular flexibility index (Phi) is 4.19. The minimum atomic E-state index is -0.822. The van der Waals surface area contributed by atoms with Gasteiger partial charge in [0.1, 0.15) is 5.69 Å². The van der Waals surface area contributed by atoms with Crippen LogP contribution in [0.5, 0.6) is 0 Å². The number of carboxylic acids is 1. The highest BCUT2D eigenvalue weighted by Gasteiger charge is 2.31. The summed E-state index contributed by atoms with van der Waals surface area (Å²) < 4.78 is 1.49. The fourth-order valence-electron chi connectivity index (χ4n) is 2.61. The summed E-state index contributed by atoms with van der Waals surface area (Å²) in [5, 5.41) is 16.1. The van der Waals surface area contributed by atoms with Gasteiger partial charge in [0.2, 0.25) is 0 Å². The molecular formula is C13H19N3O3. The molecule has 1 aromatic rings. The number of nitrogens with one attached hydrogen (secondary N) is 1. The maximum atomic E-state index is 12.1. The largest absolute Gasteiger partial charge is 0.481 e. The lowest BCUT2D eigenvalue weighted by atomic mass is 9.95. The normalized spacial score (nSPS) is 23.6. The second-order valence-corrected chi connectivity index (χ2v) is 5.00. The highest BCUT2D eigenvalue weighted by molar-refractivity contribution is 5.93. The SMILES string of the molecule is Cn1nccc1C(=O)NC1CCCCCC1C(=O)O. The number of carbonyl (C=O) groups is 2. The van der Waals surface area contributed by atoms with E-state index in [9.17, 15) is 14.7 Å². The summed E-state index contributed by atoms with van der Waals surface area (Å²) in [6.45, 7) is 0. The number of hydrogen-bond donors (Lipinski definition) is 2. The summed E-state index contributed by atoms with van der Waals surface area (Å²) >= 11 is 0. The average Bonchev–Trinajstić information content (AvgIpc) is 2.65. The molecule has 1 heterocycles. The van der Waals surface area contributed by atoms with Crippen LogP contribution in [0, 0.1) is 5.92 Å². The molecule has 0 saturated heterocycles. The Hall–Kier alpha value is -1.85. The molecule has 0 radical (unpaired) electrons. The van der Waals surface area contributed by atoms with E-state index in [0.29, 0.717) is 12.1 Å². The molecule has 2 N–H and O–H groups in total. The van der Waals surface area contributed by atoms with Crippen LogP contribution in [-0.2, 0) is 11.8 Å². The van der Waals surface area contributed by atoms with Crippen molar-refractivity contribution in [2.45, 2.75) is 38.1 Å². The topological polar surface area (TPSA) is 84.2 Å². The van der Waals surface area contributed by atoms with E-state index in [1.165, 1.54) is 4.68 Å². The molecule has 104 valence electrons. The van der Waals surface area contributed by atoms with Gasteiger partial charge in [-0.15, -0.1) is 0 Å². The number of carbonyl (C=O) groups excluding carboxylic acids is 1. The maximum absolute atomic E-state index is 12.1.